The van der Waals surface area contributed by atoms with Gasteiger partial charge in [-0.25, -0.2) is 9.18 Å². The number of rotatable bonds is 4. The van der Waals surface area contributed by atoms with Gasteiger partial charge >= 0.3 is 12.3 Å². The summed E-state index contributed by atoms with van der Waals surface area (Å²) in [5.41, 5.74) is 1.37. The van der Waals surface area contributed by atoms with Gasteiger partial charge in [-0.3, -0.25) is 0 Å². The molecule has 0 bridgehead atoms. The fourth-order valence-electron chi connectivity index (χ4n) is 3.64. The summed E-state index contributed by atoms with van der Waals surface area (Å²) in [6, 6.07) is 6.21. The average Bonchev–Trinajstić information content (AvgIpc) is 2.81. The molecule has 0 saturated heterocycles. The van der Waals surface area contributed by atoms with Gasteiger partial charge in [0, 0.05) is 11.1 Å². The second-order valence-corrected chi connectivity index (χ2v) is 8.03. The van der Waals surface area contributed by atoms with E-state index >= 15 is 0 Å². The SMILES string of the molecule is CC1(C)Cc2cc(-c3ccc(OCC(F)(F)F)cc3Cl)c(F)cc2[C@@H]1NC(=O)O. The Balaban J connectivity index is 1.95. The van der Waals surface area contributed by atoms with E-state index < -0.39 is 36.2 Å². The van der Waals surface area contributed by atoms with Crippen LogP contribution in [0.4, 0.5) is 22.4 Å². The number of ether oxygens (including phenoxy) is 1. The van der Waals surface area contributed by atoms with Crippen LogP contribution in [0.25, 0.3) is 11.1 Å². The summed E-state index contributed by atoms with van der Waals surface area (Å²) in [6.45, 7) is 2.30. The van der Waals surface area contributed by atoms with Crippen molar-refractivity contribution in [2.75, 3.05) is 6.61 Å². The van der Waals surface area contributed by atoms with E-state index in [1.165, 1.54) is 24.3 Å². The summed E-state index contributed by atoms with van der Waals surface area (Å²) in [6.07, 6.45) is -5.16. The van der Waals surface area contributed by atoms with Gasteiger partial charge in [0.05, 0.1) is 11.1 Å². The van der Waals surface area contributed by atoms with E-state index in [1.807, 2.05) is 13.8 Å². The molecule has 1 amide bonds. The molecular weight excluding hydrogens is 414 g/mol. The van der Waals surface area contributed by atoms with E-state index in [9.17, 15) is 22.4 Å². The van der Waals surface area contributed by atoms with Crippen molar-refractivity contribution >= 4 is 17.7 Å². The molecule has 3 rings (SSSR count). The molecule has 2 aromatic rings. The standard InChI is InChI=1S/C20H18ClF4NO3/c1-19(2)8-10-5-14(16(22)7-13(10)17(19)26-18(27)28)12-4-3-11(6-15(12)21)29-9-20(23,24)25/h3-7,17,26H,8-9H2,1-2H3,(H,27,28)/t17-/m0/s1. The van der Waals surface area contributed by atoms with E-state index in [0.717, 1.165) is 5.56 Å². The van der Waals surface area contributed by atoms with Gasteiger partial charge in [0.15, 0.2) is 6.61 Å². The molecule has 0 saturated carbocycles. The highest BCUT2D eigenvalue weighted by Gasteiger charge is 2.40. The predicted octanol–water partition coefficient (Wildman–Crippen LogP) is 5.98. The Morgan fingerprint density at radius 1 is 1.28 bits per heavy atom. The second kappa shape index (κ2) is 7.40. The summed E-state index contributed by atoms with van der Waals surface area (Å²) in [4.78, 5) is 11.1. The summed E-state index contributed by atoms with van der Waals surface area (Å²) in [7, 11) is 0. The van der Waals surface area contributed by atoms with Crippen molar-refractivity contribution in [2.45, 2.75) is 32.5 Å². The third kappa shape index (κ3) is 4.58. The quantitative estimate of drug-likeness (QED) is 0.585. The summed E-state index contributed by atoms with van der Waals surface area (Å²) >= 11 is 6.17. The zero-order valence-corrected chi connectivity index (χ0v) is 16.3. The third-order valence-electron chi connectivity index (χ3n) is 4.87. The van der Waals surface area contributed by atoms with Crippen LogP contribution in [0.2, 0.25) is 5.02 Å². The number of alkyl halides is 3. The first-order chi connectivity index (χ1) is 13.4. The number of fused-ring (bicyclic) bond motifs is 1. The smallest absolute Gasteiger partial charge is 0.422 e. The van der Waals surface area contributed by atoms with Gasteiger partial charge in [0.1, 0.15) is 11.6 Å². The van der Waals surface area contributed by atoms with Crippen molar-refractivity contribution in [3.8, 4) is 16.9 Å². The van der Waals surface area contributed by atoms with Gasteiger partial charge in [0.25, 0.3) is 0 Å². The molecule has 156 valence electrons. The maximum absolute atomic E-state index is 14.9. The van der Waals surface area contributed by atoms with E-state index in [1.54, 1.807) is 6.07 Å². The number of hydrogen-bond donors (Lipinski definition) is 2. The zero-order chi connectivity index (χ0) is 21.6. The lowest BCUT2D eigenvalue weighted by atomic mass is 9.85. The Morgan fingerprint density at radius 2 is 1.97 bits per heavy atom. The topological polar surface area (TPSA) is 58.6 Å². The van der Waals surface area contributed by atoms with E-state index in [0.29, 0.717) is 17.5 Å². The summed E-state index contributed by atoms with van der Waals surface area (Å²) in [5, 5.41) is 11.6. The van der Waals surface area contributed by atoms with Gasteiger partial charge in [-0.15, -0.1) is 0 Å². The molecule has 1 aliphatic rings. The molecular formula is C20H18ClF4NO3. The molecule has 9 heteroatoms. The van der Waals surface area contributed by atoms with Gasteiger partial charge in [-0.2, -0.15) is 13.2 Å². The molecule has 1 atom stereocenters. The first kappa shape index (κ1) is 21.2. The number of carbonyl (C=O) groups is 1. The molecule has 1 aliphatic carbocycles. The maximum Gasteiger partial charge on any atom is 0.422 e. The van der Waals surface area contributed by atoms with Crippen LogP contribution in [0, 0.1) is 11.2 Å². The van der Waals surface area contributed by atoms with E-state index in [-0.39, 0.29) is 16.3 Å². The number of halogens is 5. The van der Waals surface area contributed by atoms with Crippen LogP contribution in [0.3, 0.4) is 0 Å². The molecule has 0 heterocycles. The minimum Gasteiger partial charge on any atom is -0.484 e. The van der Waals surface area contributed by atoms with Gasteiger partial charge in [-0.05, 0) is 53.3 Å². The predicted molar refractivity (Wildman–Crippen MR) is 99.8 cm³/mol. The first-order valence-corrected chi connectivity index (χ1v) is 9.06. The lowest BCUT2D eigenvalue weighted by molar-refractivity contribution is -0.153. The molecule has 0 radical (unpaired) electrons. The van der Waals surface area contributed by atoms with E-state index in [2.05, 4.69) is 10.1 Å². The Bertz CT molecular complexity index is 959. The van der Waals surface area contributed by atoms with Crippen molar-refractivity contribution < 1.29 is 32.2 Å². The number of nitrogens with one attached hydrogen (secondary N) is 1. The van der Waals surface area contributed by atoms with Crippen molar-refractivity contribution in [2.24, 2.45) is 5.41 Å². The monoisotopic (exact) mass is 431 g/mol. The second-order valence-electron chi connectivity index (χ2n) is 7.62. The minimum absolute atomic E-state index is 0.0426. The average molecular weight is 432 g/mol. The Labute approximate surface area is 169 Å². The maximum atomic E-state index is 14.9. The largest absolute Gasteiger partial charge is 0.484 e. The van der Waals surface area contributed by atoms with Crippen LogP contribution in [0.1, 0.15) is 31.0 Å². The highest BCUT2D eigenvalue weighted by Crippen LogP contribution is 2.47. The minimum atomic E-state index is -4.48. The highest BCUT2D eigenvalue weighted by molar-refractivity contribution is 6.33. The Kier molecular flexibility index (Phi) is 5.42. The van der Waals surface area contributed by atoms with E-state index in [4.69, 9.17) is 16.7 Å². The lowest BCUT2D eigenvalue weighted by Crippen LogP contribution is -2.34. The van der Waals surface area contributed by atoms with Gasteiger partial charge in [0.2, 0.25) is 0 Å². The number of carboxylic acid groups (broad SMARTS) is 1. The first-order valence-electron chi connectivity index (χ1n) is 8.68. The van der Waals surface area contributed by atoms with Gasteiger partial charge in [-0.1, -0.05) is 25.4 Å². The number of amides is 1. The fourth-order valence-corrected chi connectivity index (χ4v) is 3.91. The third-order valence-corrected chi connectivity index (χ3v) is 5.18. The molecule has 29 heavy (non-hydrogen) atoms. The normalized spacial score (nSPS) is 17.7. The molecule has 4 nitrogen and oxygen atoms in total. The molecule has 0 aliphatic heterocycles. The van der Waals surface area contributed by atoms with Crippen LogP contribution in [0.15, 0.2) is 30.3 Å². The van der Waals surface area contributed by atoms with Crippen LogP contribution in [-0.2, 0) is 6.42 Å². The summed E-state index contributed by atoms with van der Waals surface area (Å²) in [5.74, 6) is -0.686. The molecule has 0 aromatic heterocycles. The molecule has 0 spiro atoms. The summed E-state index contributed by atoms with van der Waals surface area (Å²) < 4.78 is 56.4. The van der Waals surface area contributed by atoms with Crippen LogP contribution in [0.5, 0.6) is 5.75 Å². The van der Waals surface area contributed by atoms with Crippen molar-refractivity contribution in [1.82, 2.24) is 5.32 Å². The van der Waals surface area contributed by atoms with Crippen molar-refractivity contribution in [3.63, 3.8) is 0 Å². The number of benzene rings is 2. The van der Waals surface area contributed by atoms with Crippen LogP contribution < -0.4 is 10.1 Å². The molecule has 2 N–H and O–H groups in total. The van der Waals surface area contributed by atoms with Crippen LogP contribution >= 0.6 is 11.6 Å². The molecule has 2 aromatic carbocycles. The number of hydrogen-bond acceptors (Lipinski definition) is 2. The molecule has 0 unspecified atom stereocenters. The highest BCUT2D eigenvalue weighted by atomic mass is 35.5. The van der Waals surface area contributed by atoms with Crippen molar-refractivity contribution in [1.29, 1.82) is 0 Å². The van der Waals surface area contributed by atoms with Crippen molar-refractivity contribution in [3.05, 3.63) is 52.3 Å². The zero-order valence-electron chi connectivity index (χ0n) is 15.5. The Hall–Kier alpha value is -2.48. The fraction of sp³-hybridized carbons (Fsp3) is 0.350. The molecule has 0 fully saturated rings. The van der Waals surface area contributed by atoms with Gasteiger partial charge < -0.3 is 15.2 Å². The lowest BCUT2D eigenvalue weighted by Gasteiger charge is -2.27. The van der Waals surface area contributed by atoms with Crippen LogP contribution in [-0.4, -0.2) is 24.0 Å². The Morgan fingerprint density at radius 3 is 2.55 bits per heavy atom.